The molecule has 1 aromatic carbocycles. The first-order chi connectivity index (χ1) is 13.0. The van der Waals surface area contributed by atoms with Crippen LogP contribution in [0.5, 0.6) is 0 Å². The van der Waals surface area contributed by atoms with Crippen LogP contribution in [0, 0.1) is 11.6 Å². The Morgan fingerprint density at radius 3 is 2.54 bits per heavy atom. The minimum absolute atomic E-state index is 0.0622. The van der Waals surface area contributed by atoms with Gasteiger partial charge in [0.1, 0.15) is 11.4 Å². The lowest BCUT2D eigenvalue weighted by molar-refractivity contribution is -0.137. The molecular weight excluding hydrogens is 387 g/mol. The summed E-state index contributed by atoms with van der Waals surface area (Å²) in [6.45, 7) is 3.12. The van der Waals surface area contributed by atoms with Gasteiger partial charge in [-0.1, -0.05) is 6.07 Å². The van der Waals surface area contributed by atoms with Gasteiger partial charge in [-0.3, -0.25) is 4.90 Å². The van der Waals surface area contributed by atoms with Crippen LogP contribution in [0.25, 0.3) is 0 Å². The molecule has 1 saturated heterocycles. The molecule has 1 fully saturated rings. The third kappa shape index (κ3) is 4.12. The van der Waals surface area contributed by atoms with Crippen LogP contribution in [0.4, 0.5) is 38.5 Å². The van der Waals surface area contributed by atoms with E-state index in [4.69, 9.17) is 4.74 Å². The first-order valence-electron chi connectivity index (χ1n) is 8.09. The molecule has 0 atom stereocenters. The van der Waals surface area contributed by atoms with Gasteiger partial charge in [-0.15, -0.1) is 0 Å². The molecule has 1 amide bonds. The van der Waals surface area contributed by atoms with Gasteiger partial charge in [0, 0.05) is 12.1 Å². The van der Waals surface area contributed by atoms with Crippen LogP contribution in [-0.4, -0.2) is 28.2 Å². The molecule has 1 aliphatic heterocycles. The van der Waals surface area contributed by atoms with Crippen molar-refractivity contribution in [3.05, 3.63) is 47.2 Å². The minimum atomic E-state index is -4.65. The molecule has 11 heteroatoms. The lowest BCUT2D eigenvalue weighted by Gasteiger charge is -2.16. The Bertz CT molecular complexity index is 917. The molecular formula is C17H15F5N4O2. The fraction of sp³-hybridized carbons (Fsp3) is 0.353. The van der Waals surface area contributed by atoms with Gasteiger partial charge in [-0.2, -0.15) is 18.2 Å². The predicted octanol–water partition coefficient (Wildman–Crippen LogP) is 4.12. The number of carbonyl (C=O) groups excluding carboxylic acids is 1. The summed E-state index contributed by atoms with van der Waals surface area (Å²) < 4.78 is 70.8. The van der Waals surface area contributed by atoms with Gasteiger partial charge in [0.05, 0.1) is 18.3 Å². The Morgan fingerprint density at radius 2 is 1.96 bits per heavy atom. The van der Waals surface area contributed by atoms with E-state index >= 15 is 0 Å². The number of cyclic esters (lactones) is 1. The molecule has 0 saturated carbocycles. The molecule has 0 bridgehead atoms. The molecule has 0 spiro atoms. The normalized spacial score (nSPS) is 16.2. The largest absolute Gasteiger partial charge is 0.441 e. The highest BCUT2D eigenvalue weighted by Crippen LogP contribution is 2.31. The van der Waals surface area contributed by atoms with Crippen molar-refractivity contribution in [2.24, 2.45) is 0 Å². The number of nitrogens with one attached hydrogen (secondary N) is 1. The van der Waals surface area contributed by atoms with Crippen molar-refractivity contribution >= 4 is 17.9 Å². The fourth-order valence-corrected chi connectivity index (χ4v) is 2.60. The average molecular weight is 402 g/mol. The second-order valence-corrected chi connectivity index (χ2v) is 6.74. The van der Waals surface area contributed by atoms with Crippen LogP contribution in [0.2, 0.25) is 0 Å². The lowest BCUT2D eigenvalue weighted by Crippen LogP contribution is -2.30. The maximum Gasteiger partial charge on any atom is 0.416 e. The number of nitrogens with zero attached hydrogens (tertiary/aromatic N) is 3. The summed E-state index contributed by atoms with van der Waals surface area (Å²) in [5.41, 5.74) is -2.00. The van der Waals surface area contributed by atoms with E-state index in [-0.39, 0.29) is 30.4 Å². The summed E-state index contributed by atoms with van der Waals surface area (Å²) in [7, 11) is 0. The van der Waals surface area contributed by atoms with Crippen LogP contribution in [0.3, 0.4) is 0 Å². The number of carbonyl (C=O) groups is 1. The molecule has 0 radical (unpaired) electrons. The second-order valence-electron chi connectivity index (χ2n) is 6.74. The van der Waals surface area contributed by atoms with E-state index in [1.807, 2.05) is 0 Å². The molecule has 2 aromatic rings. The predicted molar refractivity (Wildman–Crippen MR) is 88.6 cm³/mol. The number of anilines is 2. The van der Waals surface area contributed by atoms with Crippen LogP contribution in [0.15, 0.2) is 24.4 Å². The molecule has 3 rings (SSSR count). The van der Waals surface area contributed by atoms with E-state index in [0.717, 1.165) is 23.2 Å². The number of hydrogen-bond acceptors (Lipinski definition) is 5. The first kappa shape index (κ1) is 19.8. The van der Waals surface area contributed by atoms with Crippen LogP contribution in [-0.2, 0) is 17.5 Å². The highest BCUT2D eigenvalue weighted by molar-refractivity contribution is 5.89. The zero-order valence-electron chi connectivity index (χ0n) is 14.8. The quantitative estimate of drug-likeness (QED) is 0.780. The summed E-state index contributed by atoms with van der Waals surface area (Å²) in [6, 6.07) is 2.12. The SMILES string of the molecule is CC1(C)CN(c2nc(NCc3ccc(C(F)(F)F)cc3F)ncc2F)C(=O)O1. The number of halogens is 5. The number of aromatic nitrogens is 2. The Hall–Kier alpha value is -2.98. The number of alkyl halides is 3. The van der Waals surface area contributed by atoms with Gasteiger partial charge in [0.25, 0.3) is 0 Å². The van der Waals surface area contributed by atoms with Crippen LogP contribution < -0.4 is 10.2 Å². The van der Waals surface area contributed by atoms with Crippen molar-refractivity contribution < 1.29 is 31.5 Å². The number of benzene rings is 1. The van der Waals surface area contributed by atoms with Crippen molar-refractivity contribution in [2.75, 3.05) is 16.8 Å². The summed E-state index contributed by atoms with van der Waals surface area (Å²) in [4.78, 5) is 20.5. The lowest BCUT2D eigenvalue weighted by atomic mass is 10.1. The van der Waals surface area contributed by atoms with Crippen molar-refractivity contribution in [1.29, 1.82) is 0 Å². The van der Waals surface area contributed by atoms with Crippen molar-refractivity contribution in [3.63, 3.8) is 0 Å². The zero-order valence-corrected chi connectivity index (χ0v) is 14.8. The summed E-state index contributed by atoms with van der Waals surface area (Å²) in [5.74, 6) is -2.37. The van der Waals surface area contributed by atoms with Crippen molar-refractivity contribution in [2.45, 2.75) is 32.2 Å². The van der Waals surface area contributed by atoms with Crippen LogP contribution in [0.1, 0.15) is 25.0 Å². The molecule has 1 aromatic heterocycles. The number of amides is 1. The van der Waals surface area contributed by atoms with E-state index in [0.29, 0.717) is 6.07 Å². The van der Waals surface area contributed by atoms with Gasteiger partial charge in [0.15, 0.2) is 11.6 Å². The number of ether oxygens (including phenoxy) is 1. The van der Waals surface area contributed by atoms with E-state index in [1.165, 1.54) is 0 Å². The smallest absolute Gasteiger partial charge is 0.416 e. The Balaban J connectivity index is 1.77. The minimum Gasteiger partial charge on any atom is -0.441 e. The standard InChI is InChI=1S/C17H15F5N4O2/c1-16(2)8-26(15(27)28-16)13-12(19)7-24-14(25-13)23-6-9-3-4-10(5-11(9)18)17(20,21)22/h3-5,7H,6,8H2,1-2H3,(H,23,24,25). The number of rotatable bonds is 4. The molecule has 28 heavy (non-hydrogen) atoms. The van der Waals surface area contributed by atoms with Crippen molar-refractivity contribution in [1.82, 2.24) is 9.97 Å². The third-order valence-electron chi connectivity index (χ3n) is 3.92. The molecule has 6 nitrogen and oxygen atoms in total. The average Bonchev–Trinajstić information content (AvgIpc) is 2.86. The Kier molecular flexibility index (Phi) is 4.86. The molecule has 150 valence electrons. The molecule has 0 aliphatic carbocycles. The molecule has 0 unspecified atom stereocenters. The molecule has 2 heterocycles. The van der Waals surface area contributed by atoms with Crippen LogP contribution >= 0.6 is 0 Å². The maximum atomic E-state index is 14.1. The summed E-state index contributed by atoms with van der Waals surface area (Å²) >= 11 is 0. The third-order valence-corrected chi connectivity index (χ3v) is 3.92. The van der Waals surface area contributed by atoms with Gasteiger partial charge in [0.2, 0.25) is 5.95 Å². The van der Waals surface area contributed by atoms with E-state index in [2.05, 4.69) is 15.3 Å². The van der Waals surface area contributed by atoms with Crippen molar-refractivity contribution in [3.8, 4) is 0 Å². The van der Waals surface area contributed by atoms with E-state index in [1.54, 1.807) is 13.8 Å². The van der Waals surface area contributed by atoms with E-state index in [9.17, 15) is 26.7 Å². The Morgan fingerprint density at radius 1 is 1.25 bits per heavy atom. The molecule has 1 N–H and O–H groups in total. The summed E-state index contributed by atoms with van der Waals surface area (Å²) in [5, 5.41) is 2.60. The summed E-state index contributed by atoms with van der Waals surface area (Å²) in [6.07, 6.45) is -4.60. The molecule has 1 aliphatic rings. The fourth-order valence-electron chi connectivity index (χ4n) is 2.60. The maximum absolute atomic E-state index is 14.1. The van der Waals surface area contributed by atoms with Gasteiger partial charge >= 0.3 is 12.3 Å². The Labute approximate surface area is 156 Å². The second kappa shape index (κ2) is 6.88. The highest BCUT2D eigenvalue weighted by Gasteiger charge is 2.40. The van der Waals surface area contributed by atoms with Gasteiger partial charge in [-0.05, 0) is 26.0 Å². The van der Waals surface area contributed by atoms with Gasteiger partial charge < -0.3 is 10.1 Å². The zero-order chi connectivity index (χ0) is 20.7. The highest BCUT2D eigenvalue weighted by atomic mass is 19.4. The first-order valence-corrected chi connectivity index (χ1v) is 8.09. The monoisotopic (exact) mass is 402 g/mol. The van der Waals surface area contributed by atoms with E-state index < -0.39 is 35.1 Å². The topological polar surface area (TPSA) is 67.4 Å². The number of hydrogen-bond donors (Lipinski definition) is 1. The van der Waals surface area contributed by atoms with Gasteiger partial charge in [-0.25, -0.2) is 18.6 Å².